The highest BCUT2D eigenvalue weighted by Gasteiger charge is 2.25. The third-order valence-corrected chi connectivity index (χ3v) is 2.34. The monoisotopic (exact) mass is 208 g/mol. The van der Waals surface area contributed by atoms with Gasteiger partial charge in [-0.3, -0.25) is 4.18 Å². The van der Waals surface area contributed by atoms with E-state index in [1.165, 1.54) is 0 Å². The molecule has 0 N–H and O–H groups in total. The quantitative estimate of drug-likeness (QED) is 0.509. The summed E-state index contributed by atoms with van der Waals surface area (Å²) in [6.45, 7) is 0.331. The first-order valence-electron chi connectivity index (χ1n) is 3.72. The maximum atomic E-state index is 10.7. The Morgan fingerprint density at radius 3 is 2.62 bits per heavy atom. The van der Waals surface area contributed by atoms with Crippen LogP contribution in [0.2, 0.25) is 0 Å². The predicted octanol–water partition coefficient (Wildman–Crippen LogP) is -1.62. The minimum atomic E-state index is -3.50. The highest BCUT2D eigenvalue weighted by atomic mass is 32.2. The van der Waals surface area contributed by atoms with E-state index >= 15 is 0 Å². The molecular formula is C6H10NO5S-. The van der Waals surface area contributed by atoms with Gasteiger partial charge in [-0.2, -0.15) is 8.42 Å². The minimum Gasteiger partial charge on any atom is -0.530 e. The van der Waals surface area contributed by atoms with Crippen molar-refractivity contribution in [2.24, 2.45) is 0 Å². The minimum absolute atomic E-state index is 0.0649. The van der Waals surface area contributed by atoms with Gasteiger partial charge in [0.15, 0.2) is 0 Å². The Morgan fingerprint density at radius 2 is 2.23 bits per heavy atom. The van der Waals surface area contributed by atoms with Gasteiger partial charge in [-0.1, -0.05) is 0 Å². The third-order valence-electron chi connectivity index (χ3n) is 1.71. The molecule has 1 atom stereocenters. The predicted molar refractivity (Wildman–Crippen MR) is 41.3 cm³/mol. The van der Waals surface area contributed by atoms with E-state index in [1.54, 1.807) is 0 Å². The van der Waals surface area contributed by atoms with Crippen molar-refractivity contribution in [1.82, 2.24) is 4.90 Å². The zero-order valence-corrected chi connectivity index (χ0v) is 7.91. The van der Waals surface area contributed by atoms with Gasteiger partial charge >= 0.3 is 0 Å². The third kappa shape index (κ3) is 3.19. The summed E-state index contributed by atoms with van der Waals surface area (Å²) in [7, 11) is -3.50. The fourth-order valence-electron chi connectivity index (χ4n) is 1.22. The Balaban J connectivity index is 2.47. The second-order valence-corrected chi connectivity index (χ2v) is 4.52. The maximum absolute atomic E-state index is 10.7. The van der Waals surface area contributed by atoms with E-state index in [0.29, 0.717) is 6.42 Å². The average molecular weight is 208 g/mol. The molecular weight excluding hydrogens is 198 g/mol. The molecule has 1 unspecified atom stereocenters. The van der Waals surface area contributed by atoms with Crippen molar-refractivity contribution in [1.29, 1.82) is 0 Å². The van der Waals surface area contributed by atoms with Gasteiger partial charge in [-0.05, 0) is 6.42 Å². The molecule has 76 valence electrons. The van der Waals surface area contributed by atoms with Crippen LogP contribution in [-0.4, -0.2) is 44.9 Å². The lowest BCUT2D eigenvalue weighted by Gasteiger charge is -2.17. The first kappa shape index (κ1) is 10.3. The van der Waals surface area contributed by atoms with Crippen LogP contribution in [0.15, 0.2) is 0 Å². The van der Waals surface area contributed by atoms with Crippen LogP contribution < -0.4 is 5.11 Å². The van der Waals surface area contributed by atoms with E-state index in [2.05, 4.69) is 4.18 Å². The second kappa shape index (κ2) is 3.51. The number of likely N-dealkylation sites (tertiary alicyclic amines) is 1. The number of hydrogen-bond acceptors (Lipinski definition) is 5. The second-order valence-electron chi connectivity index (χ2n) is 2.92. The molecule has 1 aliphatic heterocycles. The van der Waals surface area contributed by atoms with Gasteiger partial charge in [0.1, 0.15) is 6.09 Å². The molecule has 1 rings (SSSR count). The van der Waals surface area contributed by atoms with Crippen LogP contribution in [0.3, 0.4) is 0 Å². The number of carbonyl (C=O) groups is 1. The number of carboxylic acid groups (broad SMARTS) is 1. The molecule has 0 aromatic rings. The smallest absolute Gasteiger partial charge is 0.264 e. The van der Waals surface area contributed by atoms with Gasteiger partial charge in [0, 0.05) is 13.1 Å². The molecule has 6 nitrogen and oxygen atoms in total. The molecule has 0 aromatic carbocycles. The lowest BCUT2D eigenvalue weighted by Crippen LogP contribution is -2.40. The topological polar surface area (TPSA) is 86.7 Å². The van der Waals surface area contributed by atoms with E-state index in [-0.39, 0.29) is 13.1 Å². The summed E-state index contributed by atoms with van der Waals surface area (Å²) < 4.78 is 25.9. The molecule has 0 bridgehead atoms. The normalized spacial score (nSPS) is 23.5. The van der Waals surface area contributed by atoms with Crippen LogP contribution in [0.4, 0.5) is 4.79 Å². The van der Waals surface area contributed by atoms with Crippen LogP contribution in [0.5, 0.6) is 0 Å². The fraction of sp³-hybridized carbons (Fsp3) is 0.833. The van der Waals surface area contributed by atoms with E-state index in [9.17, 15) is 18.3 Å². The van der Waals surface area contributed by atoms with Gasteiger partial charge in [0.05, 0.1) is 12.4 Å². The van der Waals surface area contributed by atoms with Crippen molar-refractivity contribution in [2.45, 2.75) is 12.5 Å². The number of rotatable bonds is 2. The first-order chi connectivity index (χ1) is 5.88. The standard InChI is InChI=1S/C6H11NO5S/c1-13(10,11)12-5-2-3-7(4-5)6(8)9/h5H,2-4H2,1H3,(H,8,9)/p-1. The van der Waals surface area contributed by atoms with Crippen molar-refractivity contribution in [3.05, 3.63) is 0 Å². The fourth-order valence-corrected chi connectivity index (χ4v) is 1.87. The summed E-state index contributed by atoms with van der Waals surface area (Å²) in [5.74, 6) is 0. The average Bonchev–Trinajstić information content (AvgIpc) is 2.31. The summed E-state index contributed by atoms with van der Waals surface area (Å²) in [6.07, 6.45) is -0.525. The molecule has 0 aliphatic carbocycles. The molecule has 13 heavy (non-hydrogen) atoms. The van der Waals surface area contributed by atoms with Crippen molar-refractivity contribution in [2.75, 3.05) is 19.3 Å². The highest BCUT2D eigenvalue weighted by Crippen LogP contribution is 2.13. The van der Waals surface area contributed by atoms with Crippen LogP contribution in [0.1, 0.15) is 6.42 Å². The molecule has 1 saturated heterocycles. The number of nitrogens with zero attached hydrogens (tertiary/aromatic N) is 1. The first-order valence-corrected chi connectivity index (χ1v) is 5.54. The molecule has 1 aliphatic rings. The molecule has 1 amide bonds. The van der Waals surface area contributed by atoms with Crippen molar-refractivity contribution >= 4 is 16.2 Å². The van der Waals surface area contributed by atoms with Gasteiger partial charge in [0.2, 0.25) is 0 Å². The molecule has 1 heterocycles. The number of hydrogen-bond donors (Lipinski definition) is 0. The molecule has 0 saturated carbocycles. The van der Waals surface area contributed by atoms with Crippen LogP contribution in [-0.2, 0) is 14.3 Å². The SMILES string of the molecule is CS(=O)(=O)OC1CCN(C(=O)[O-])C1. The van der Waals surface area contributed by atoms with Gasteiger partial charge < -0.3 is 14.8 Å². The lowest BCUT2D eigenvalue weighted by molar-refractivity contribution is -0.264. The molecule has 0 spiro atoms. The van der Waals surface area contributed by atoms with Crippen molar-refractivity contribution in [3.8, 4) is 0 Å². The molecule has 1 fully saturated rings. The van der Waals surface area contributed by atoms with Crippen LogP contribution >= 0.6 is 0 Å². The Morgan fingerprint density at radius 1 is 1.62 bits per heavy atom. The molecule has 0 radical (unpaired) electrons. The zero-order valence-electron chi connectivity index (χ0n) is 7.10. The molecule has 7 heteroatoms. The van der Waals surface area contributed by atoms with Crippen molar-refractivity contribution in [3.63, 3.8) is 0 Å². The molecule has 0 aromatic heterocycles. The van der Waals surface area contributed by atoms with Gasteiger partial charge in [-0.25, -0.2) is 0 Å². The maximum Gasteiger partial charge on any atom is 0.264 e. The van der Waals surface area contributed by atoms with E-state index in [4.69, 9.17) is 0 Å². The summed E-state index contributed by atoms with van der Waals surface area (Å²) in [5.41, 5.74) is 0. The van der Waals surface area contributed by atoms with E-state index in [1.807, 2.05) is 0 Å². The summed E-state index contributed by atoms with van der Waals surface area (Å²) in [4.78, 5) is 11.3. The largest absolute Gasteiger partial charge is 0.530 e. The highest BCUT2D eigenvalue weighted by molar-refractivity contribution is 7.86. The number of carbonyl (C=O) groups excluding carboxylic acids is 1. The Hall–Kier alpha value is -0.820. The van der Waals surface area contributed by atoms with Crippen LogP contribution in [0, 0.1) is 0 Å². The Bertz CT molecular complexity index is 298. The van der Waals surface area contributed by atoms with E-state index < -0.39 is 22.3 Å². The van der Waals surface area contributed by atoms with Crippen molar-refractivity contribution < 1.29 is 22.5 Å². The lowest BCUT2D eigenvalue weighted by atomic mass is 10.3. The van der Waals surface area contributed by atoms with E-state index in [0.717, 1.165) is 11.2 Å². The summed E-state index contributed by atoms with van der Waals surface area (Å²) in [6, 6.07) is 0. The number of amides is 1. The van der Waals surface area contributed by atoms with Gasteiger partial charge in [0.25, 0.3) is 10.1 Å². The zero-order chi connectivity index (χ0) is 10.1. The Labute approximate surface area is 76.2 Å². The van der Waals surface area contributed by atoms with Crippen LogP contribution in [0.25, 0.3) is 0 Å². The summed E-state index contributed by atoms with van der Waals surface area (Å²) >= 11 is 0. The van der Waals surface area contributed by atoms with Gasteiger partial charge in [-0.15, -0.1) is 0 Å². The Kier molecular flexibility index (Phi) is 2.77. The summed E-state index contributed by atoms with van der Waals surface area (Å²) in [5, 5.41) is 10.3.